The van der Waals surface area contributed by atoms with Gasteiger partial charge in [-0.05, 0) is 6.92 Å². The van der Waals surface area contributed by atoms with E-state index in [1.165, 1.54) is 17.0 Å². The molecule has 1 heterocycles. The molecule has 6 heteroatoms. The molecule has 5 nitrogen and oxygen atoms in total. The van der Waals surface area contributed by atoms with E-state index in [2.05, 4.69) is 10.3 Å². The Morgan fingerprint density at radius 1 is 1.71 bits per heavy atom. The molecule has 0 aliphatic rings. The second kappa shape index (κ2) is 4.76. The van der Waals surface area contributed by atoms with Gasteiger partial charge in [0.05, 0.1) is 6.33 Å². The van der Waals surface area contributed by atoms with Crippen molar-refractivity contribution in [2.45, 2.75) is 13.5 Å². The van der Waals surface area contributed by atoms with Crippen LogP contribution in [-0.4, -0.2) is 22.0 Å². The van der Waals surface area contributed by atoms with E-state index in [1.54, 1.807) is 6.92 Å². The second-order valence-corrected chi connectivity index (χ2v) is 3.02. The van der Waals surface area contributed by atoms with E-state index in [0.717, 1.165) is 0 Å². The van der Waals surface area contributed by atoms with Gasteiger partial charge in [-0.2, -0.15) is 0 Å². The van der Waals surface area contributed by atoms with Crippen molar-refractivity contribution < 1.29 is 4.79 Å². The summed E-state index contributed by atoms with van der Waals surface area (Å²) in [6.07, 6.45) is 1.25. The summed E-state index contributed by atoms with van der Waals surface area (Å²) in [4.78, 5) is 26.1. The van der Waals surface area contributed by atoms with Gasteiger partial charge in [0, 0.05) is 12.6 Å². The van der Waals surface area contributed by atoms with Crippen LogP contribution in [0.15, 0.2) is 17.2 Å². The van der Waals surface area contributed by atoms with Crippen LogP contribution in [0.2, 0.25) is 5.15 Å². The number of carbonyl (C=O) groups excluding carboxylic acids is 1. The molecule has 1 amide bonds. The van der Waals surface area contributed by atoms with Crippen LogP contribution in [-0.2, 0) is 11.3 Å². The van der Waals surface area contributed by atoms with Crippen molar-refractivity contribution >= 4 is 17.5 Å². The third-order valence-corrected chi connectivity index (χ3v) is 1.74. The van der Waals surface area contributed by atoms with E-state index in [9.17, 15) is 9.59 Å². The van der Waals surface area contributed by atoms with Crippen molar-refractivity contribution in [1.82, 2.24) is 14.9 Å². The largest absolute Gasteiger partial charge is 0.355 e. The highest BCUT2D eigenvalue weighted by Gasteiger charge is 2.03. The molecule has 0 aliphatic carbocycles. The number of nitrogens with one attached hydrogen (secondary N) is 1. The van der Waals surface area contributed by atoms with Gasteiger partial charge in [-0.1, -0.05) is 11.6 Å². The molecule has 0 aromatic carbocycles. The van der Waals surface area contributed by atoms with Crippen LogP contribution in [0.1, 0.15) is 6.92 Å². The molecule has 0 spiro atoms. The molecule has 1 aromatic heterocycles. The fraction of sp³-hybridized carbons (Fsp3) is 0.375. The van der Waals surface area contributed by atoms with E-state index in [-0.39, 0.29) is 23.2 Å². The summed E-state index contributed by atoms with van der Waals surface area (Å²) in [5, 5.41) is 2.70. The number of carbonyl (C=O) groups is 1. The van der Waals surface area contributed by atoms with Gasteiger partial charge >= 0.3 is 0 Å². The first kappa shape index (κ1) is 10.7. The van der Waals surface area contributed by atoms with E-state index < -0.39 is 0 Å². The summed E-state index contributed by atoms with van der Waals surface area (Å²) in [5.74, 6) is -0.223. The second-order valence-electron chi connectivity index (χ2n) is 2.63. The lowest BCUT2D eigenvalue weighted by Crippen LogP contribution is -2.31. The number of likely N-dealkylation sites (N-methyl/N-ethyl adjacent to an activating group) is 1. The van der Waals surface area contributed by atoms with Crippen LogP contribution < -0.4 is 10.9 Å². The van der Waals surface area contributed by atoms with Crippen LogP contribution in [0.5, 0.6) is 0 Å². The number of aromatic nitrogens is 2. The van der Waals surface area contributed by atoms with Crippen molar-refractivity contribution in [3.63, 3.8) is 0 Å². The zero-order chi connectivity index (χ0) is 10.6. The molecule has 1 N–H and O–H groups in total. The zero-order valence-corrected chi connectivity index (χ0v) is 8.41. The summed E-state index contributed by atoms with van der Waals surface area (Å²) in [6, 6.07) is 1.17. The Bertz CT molecular complexity index is 388. The van der Waals surface area contributed by atoms with Crippen LogP contribution >= 0.6 is 11.6 Å². The summed E-state index contributed by atoms with van der Waals surface area (Å²) < 4.78 is 1.19. The molecule has 0 radical (unpaired) electrons. The maximum absolute atomic E-state index is 11.2. The van der Waals surface area contributed by atoms with Crippen LogP contribution in [0.25, 0.3) is 0 Å². The number of halogens is 1. The Labute approximate surface area is 85.7 Å². The Kier molecular flexibility index (Phi) is 3.64. The van der Waals surface area contributed by atoms with Gasteiger partial charge in [-0.25, -0.2) is 4.98 Å². The smallest absolute Gasteiger partial charge is 0.255 e. The lowest BCUT2D eigenvalue weighted by Gasteiger charge is -2.04. The maximum Gasteiger partial charge on any atom is 0.255 e. The normalized spacial score (nSPS) is 9.86. The predicted octanol–water partition coefficient (Wildman–Crippen LogP) is 0.0328. The maximum atomic E-state index is 11.2. The molecule has 14 heavy (non-hydrogen) atoms. The van der Waals surface area contributed by atoms with Crippen molar-refractivity contribution in [3.8, 4) is 0 Å². The zero-order valence-electron chi connectivity index (χ0n) is 7.66. The molecule has 0 fully saturated rings. The molecule has 1 aromatic rings. The number of hydrogen-bond acceptors (Lipinski definition) is 3. The minimum absolute atomic E-state index is 0.0309. The van der Waals surface area contributed by atoms with Crippen molar-refractivity contribution in [1.29, 1.82) is 0 Å². The fourth-order valence-corrected chi connectivity index (χ4v) is 1.07. The van der Waals surface area contributed by atoms with E-state index in [4.69, 9.17) is 11.6 Å². The predicted molar refractivity (Wildman–Crippen MR) is 52.2 cm³/mol. The monoisotopic (exact) mass is 215 g/mol. The lowest BCUT2D eigenvalue weighted by molar-refractivity contribution is -0.121. The minimum atomic E-state index is -0.337. The van der Waals surface area contributed by atoms with Gasteiger partial charge in [0.2, 0.25) is 5.91 Å². The minimum Gasteiger partial charge on any atom is -0.355 e. The molecule has 76 valence electrons. The summed E-state index contributed by atoms with van der Waals surface area (Å²) in [7, 11) is 0. The van der Waals surface area contributed by atoms with Crippen LogP contribution in [0.4, 0.5) is 0 Å². The Morgan fingerprint density at radius 2 is 2.43 bits per heavy atom. The molecule has 0 saturated carbocycles. The third kappa shape index (κ3) is 2.85. The van der Waals surface area contributed by atoms with E-state index >= 15 is 0 Å². The van der Waals surface area contributed by atoms with E-state index in [1.807, 2.05) is 0 Å². The van der Waals surface area contributed by atoms with Gasteiger partial charge in [0.1, 0.15) is 11.7 Å². The average Bonchev–Trinajstić information content (AvgIpc) is 2.10. The Balaban J connectivity index is 2.77. The SMILES string of the molecule is CCNC(=O)Cn1cnc(Cl)cc1=O. The first-order valence-corrected chi connectivity index (χ1v) is 4.50. The highest BCUT2D eigenvalue weighted by atomic mass is 35.5. The fourth-order valence-electron chi connectivity index (χ4n) is 0.930. The van der Waals surface area contributed by atoms with Gasteiger partial charge in [0.15, 0.2) is 0 Å². The molecular weight excluding hydrogens is 206 g/mol. The highest BCUT2D eigenvalue weighted by Crippen LogP contribution is 1.95. The molecule has 0 saturated heterocycles. The third-order valence-electron chi connectivity index (χ3n) is 1.53. The van der Waals surface area contributed by atoms with Crippen molar-refractivity contribution in [2.75, 3.05) is 6.54 Å². The molecule has 1 rings (SSSR count). The summed E-state index contributed by atoms with van der Waals surface area (Å²) in [6.45, 7) is 2.31. The van der Waals surface area contributed by atoms with Gasteiger partial charge in [-0.3, -0.25) is 14.2 Å². The highest BCUT2D eigenvalue weighted by molar-refractivity contribution is 6.29. The quantitative estimate of drug-likeness (QED) is 0.724. The number of amides is 1. The number of hydrogen-bond donors (Lipinski definition) is 1. The summed E-state index contributed by atoms with van der Waals surface area (Å²) >= 11 is 5.49. The topological polar surface area (TPSA) is 64.0 Å². The van der Waals surface area contributed by atoms with Gasteiger partial charge in [-0.15, -0.1) is 0 Å². The molecule has 0 bridgehead atoms. The molecule has 0 aliphatic heterocycles. The van der Waals surface area contributed by atoms with Crippen LogP contribution in [0.3, 0.4) is 0 Å². The first-order valence-electron chi connectivity index (χ1n) is 4.12. The molecule has 0 atom stereocenters. The summed E-state index contributed by atoms with van der Waals surface area (Å²) in [5.41, 5.74) is -0.337. The number of rotatable bonds is 3. The standard InChI is InChI=1S/C8H10ClN3O2/c1-2-10-7(13)4-12-5-11-6(9)3-8(12)14/h3,5H,2,4H2,1H3,(H,10,13). The van der Waals surface area contributed by atoms with Crippen molar-refractivity contribution in [2.24, 2.45) is 0 Å². The van der Waals surface area contributed by atoms with Gasteiger partial charge < -0.3 is 5.32 Å². The molecular formula is C8H10ClN3O2. The lowest BCUT2D eigenvalue weighted by atomic mass is 10.5. The van der Waals surface area contributed by atoms with Crippen LogP contribution in [0, 0.1) is 0 Å². The van der Waals surface area contributed by atoms with E-state index in [0.29, 0.717) is 6.54 Å². The average molecular weight is 216 g/mol. The molecule has 0 unspecified atom stereocenters. The van der Waals surface area contributed by atoms with Crippen molar-refractivity contribution in [3.05, 3.63) is 27.9 Å². The van der Waals surface area contributed by atoms with Gasteiger partial charge in [0.25, 0.3) is 5.56 Å². The Hall–Kier alpha value is -1.36. The Morgan fingerprint density at radius 3 is 3.00 bits per heavy atom. The number of nitrogens with zero attached hydrogens (tertiary/aromatic N) is 2. The first-order chi connectivity index (χ1) is 6.63.